The first kappa shape index (κ1) is 23.6. The summed E-state index contributed by atoms with van der Waals surface area (Å²) in [7, 11) is 4.19. The van der Waals surface area contributed by atoms with Crippen LogP contribution in [0.25, 0.3) is 0 Å². The fourth-order valence-corrected chi connectivity index (χ4v) is 4.19. The van der Waals surface area contributed by atoms with E-state index in [0.717, 1.165) is 44.2 Å². The normalized spacial score (nSPS) is 20.5. The van der Waals surface area contributed by atoms with Gasteiger partial charge in [-0.05, 0) is 69.4 Å². The van der Waals surface area contributed by atoms with Crippen LogP contribution in [0.5, 0.6) is 0 Å². The van der Waals surface area contributed by atoms with E-state index in [4.69, 9.17) is 19.8 Å². The van der Waals surface area contributed by atoms with Crippen LogP contribution in [-0.2, 0) is 21.6 Å². The van der Waals surface area contributed by atoms with E-state index in [2.05, 4.69) is 73.6 Å². The van der Waals surface area contributed by atoms with Crippen LogP contribution in [0, 0.1) is 0 Å². The molecule has 6 nitrogen and oxygen atoms in total. The molecule has 0 amide bonds. The first-order chi connectivity index (χ1) is 14.3. The Bertz CT molecular complexity index is 824. The zero-order valence-corrected chi connectivity index (χ0v) is 17.6. The van der Waals surface area contributed by atoms with Gasteiger partial charge in [-0.25, -0.2) is 9.59 Å². The Hall–Kier alpha value is -2.70. The molecule has 0 unspecified atom stereocenters. The van der Waals surface area contributed by atoms with Crippen LogP contribution >= 0.6 is 0 Å². The van der Waals surface area contributed by atoms with E-state index in [9.17, 15) is 5.11 Å². The standard InChI is InChI=1S/C22H29NO.C2H2O4/c1-23(2)17-9-16-22(24)20-14-7-6-12-19(20)13-8-15-21(22)18-10-4-3-5-11-18;3-1(4)2(5)6/h3-7,10-12,14,21,24H,8-9,13,15-17H2,1-2H3;(H,3,4)(H,5,6)/t21-,22+;/m1./s1. The molecule has 0 saturated carbocycles. The zero-order valence-electron chi connectivity index (χ0n) is 17.6. The van der Waals surface area contributed by atoms with Gasteiger partial charge in [0.1, 0.15) is 0 Å². The predicted molar refractivity (Wildman–Crippen MR) is 116 cm³/mol. The second-order valence-electron chi connectivity index (χ2n) is 7.95. The summed E-state index contributed by atoms with van der Waals surface area (Å²) in [4.78, 5) is 20.4. The van der Waals surface area contributed by atoms with Crippen molar-refractivity contribution in [1.29, 1.82) is 0 Å². The van der Waals surface area contributed by atoms with Gasteiger partial charge in [-0.3, -0.25) is 0 Å². The fourth-order valence-electron chi connectivity index (χ4n) is 4.19. The number of aliphatic hydroxyl groups is 1. The van der Waals surface area contributed by atoms with Crippen molar-refractivity contribution in [2.24, 2.45) is 0 Å². The highest BCUT2D eigenvalue weighted by Crippen LogP contribution is 2.47. The third-order valence-corrected chi connectivity index (χ3v) is 5.55. The van der Waals surface area contributed by atoms with Crippen molar-refractivity contribution in [3.8, 4) is 0 Å². The van der Waals surface area contributed by atoms with Gasteiger partial charge in [-0.1, -0.05) is 54.6 Å². The minimum Gasteiger partial charge on any atom is -0.473 e. The number of fused-ring (bicyclic) bond motifs is 1. The predicted octanol–water partition coefficient (Wildman–Crippen LogP) is 3.49. The van der Waals surface area contributed by atoms with Crippen molar-refractivity contribution >= 4 is 11.9 Å². The molecule has 2 aromatic rings. The third-order valence-electron chi connectivity index (χ3n) is 5.55. The molecule has 0 heterocycles. The quantitative estimate of drug-likeness (QED) is 0.513. The number of benzene rings is 2. The molecule has 0 fully saturated rings. The Morgan fingerprint density at radius 3 is 2.20 bits per heavy atom. The lowest BCUT2D eigenvalue weighted by molar-refractivity contribution is -0.159. The smallest absolute Gasteiger partial charge is 0.414 e. The Morgan fingerprint density at radius 1 is 1.00 bits per heavy atom. The molecule has 30 heavy (non-hydrogen) atoms. The van der Waals surface area contributed by atoms with Crippen molar-refractivity contribution in [1.82, 2.24) is 4.90 Å². The van der Waals surface area contributed by atoms with Gasteiger partial charge in [0, 0.05) is 5.92 Å². The molecule has 2 atom stereocenters. The Labute approximate surface area is 177 Å². The molecule has 0 bridgehead atoms. The number of hydrogen-bond donors (Lipinski definition) is 3. The van der Waals surface area contributed by atoms with Gasteiger partial charge in [0.05, 0.1) is 5.60 Å². The van der Waals surface area contributed by atoms with Crippen molar-refractivity contribution in [3.63, 3.8) is 0 Å². The molecule has 0 saturated heterocycles. The monoisotopic (exact) mass is 413 g/mol. The van der Waals surface area contributed by atoms with Gasteiger partial charge < -0.3 is 20.2 Å². The maximum absolute atomic E-state index is 11.9. The molecule has 6 heteroatoms. The van der Waals surface area contributed by atoms with E-state index >= 15 is 0 Å². The minimum atomic E-state index is -1.82. The Morgan fingerprint density at radius 2 is 1.60 bits per heavy atom. The highest BCUT2D eigenvalue weighted by atomic mass is 16.4. The van der Waals surface area contributed by atoms with Crippen LogP contribution in [-0.4, -0.2) is 52.8 Å². The minimum absolute atomic E-state index is 0.171. The maximum atomic E-state index is 11.9. The number of hydrogen-bond acceptors (Lipinski definition) is 4. The average molecular weight is 414 g/mol. The number of rotatable bonds is 5. The van der Waals surface area contributed by atoms with E-state index < -0.39 is 17.5 Å². The molecular weight excluding hydrogens is 382 g/mol. The fraction of sp³-hybridized carbons (Fsp3) is 0.417. The van der Waals surface area contributed by atoms with Crippen molar-refractivity contribution in [3.05, 3.63) is 71.3 Å². The van der Waals surface area contributed by atoms with Crippen LogP contribution in [0.1, 0.15) is 48.3 Å². The lowest BCUT2D eigenvalue weighted by Gasteiger charge is -2.37. The molecule has 2 aromatic carbocycles. The van der Waals surface area contributed by atoms with E-state index in [1.54, 1.807) is 0 Å². The van der Waals surface area contributed by atoms with E-state index in [0.29, 0.717) is 0 Å². The van der Waals surface area contributed by atoms with Crippen LogP contribution in [0.3, 0.4) is 0 Å². The second kappa shape index (κ2) is 10.9. The molecule has 3 rings (SSSR count). The molecule has 1 aliphatic carbocycles. The summed E-state index contributed by atoms with van der Waals surface area (Å²) in [6.07, 6.45) is 5.04. The summed E-state index contributed by atoms with van der Waals surface area (Å²) in [6, 6.07) is 19.1. The van der Waals surface area contributed by atoms with E-state index in [-0.39, 0.29) is 5.92 Å². The number of carboxylic acid groups (broad SMARTS) is 2. The van der Waals surface area contributed by atoms with Gasteiger partial charge in [0.2, 0.25) is 0 Å². The summed E-state index contributed by atoms with van der Waals surface area (Å²) < 4.78 is 0. The topological polar surface area (TPSA) is 98.1 Å². The van der Waals surface area contributed by atoms with Gasteiger partial charge in [0.15, 0.2) is 0 Å². The van der Waals surface area contributed by atoms with Crippen LogP contribution in [0.4, 0.5) is 0 Å². The SMILES string of the molecule is CN(C)CCC[C@]1(O)c2ccccc2CCC[C@@H]1c1ccccc1.O=C(O)C(=O)O. The largest absolute Gasteiger partial charge is 0.473 e. The first-order valence-electron chi connectivity index (χ1n) is 10.2. The first-order valence-corrected chi connectivity index (χ1v) is 10.2. The summed E-state index contributed by atoms with van der Waals surface area (Å²) in [5.41, 5.74) is 2.96. The lowest BCUT2D eigenvalue weighted by atomic mass is 9.73. The molecule has 0 spiro atoms. The van der Waals surface area contributed by atoms with Gasteiger partial charge >= 0.3 is 11.9 Å². The van der Waals surface area contributed by atoms with Gasteiger partial charge in [-0.2, -0.15) is 0 Å². The second-order valence-corrected chi connectivity index (χ2v) is 7.95. The number of nitrogens with zero attached hydrogens (tertiary/aromatic N) is 1. The van der Waals surface area contributed by atoms with Crippen molar-refractivity contribution in [2.45, 2.75) is 43.6 Å². The summed E-state index contributed by atoms with van der Waals surface area (Å²) in [6.45, 7) is 1.01. The van der Waals surface area contributed by atoms with Crippen molar-refractivity contribution < 1.29 is 24.9 Å². The van der Waals surface area contributed by atoms with Crippen LogP contribution in [0.2, 0.25) is 0 Å². The average Bonchev–Trinajstić information content (AvgIpc) is 2.86. The number of carbonyl (C=O) groups is 2. The van der Waals surface area contributed by atoms with Crippen LogP contribution < -0.4 is 0 Å². The number of aliphatic carboxylic acids is 2. The molecule has 162 valence electrons. The lowest BCUT2D eigenvalue weighted by Crippen LogP contribution is -2.34. The molecule has 0 aliphatic heterocycles. The molecular formula is C24H31NO5. The molecule has 1 aliphatic rings. The zero-order chi connectivity index (χ0) is 22.1. The summed E-state index contributed by atoms with van der Waals surface area (Å²) in [5.74, 6) is -3.48. The van der Waals surface area contributed by atoms with Gasteiger partial charge in [0.25, 0.3) is 0 Å². The number of aryl methyl sites for hydroxylation is 1. The number of carboxylic acids is 2. The third kappa shape index (κ3) is 6.15. The Kier molecular flexibility index (Phi) is 8.57. The Balaban J connectivity index is 0.000000469. The summed E-state index contributed by atoms with van der Waals surface area (Å²) in [5, 5.41) is 26.7. The van der Waals surface area contributed by atoms with E-state index in [1.807, 2.05) is 0 Å². The van der Waals surface area contributed by atoms with Gasteiger partial charge in [-0.15, -0.1) is 0 Å². The summed E-state index contributed by atoms with van der Waals surface area (Å²) >= 11 is 0. The van der Waals surface area contributed by atoms with Crippen LogP contribution in [0.15, 0.2) is 54.6 Å². The highest BCUT2D eigenvalue weighted by Gasteiger charge is 2.41. The maximum Gasteiger partial charge on any atom is 0.414 e. The van der Waals surface area contributed by atoms with E-state index in [1.165, 1.54) is 11.1 Å². The highest BCUT2D eigenvalue weighted by molar-refractivity contribution is 6.27. The molecule has 0 radical (unpaired) electrons. The molecule has 0 aromatic heterocycles. The van der Waals surface area contributed by atoms with Crippen molar-refractivity contribution in [2.75, 3.05) is 20.6 Å². The molecule has 3 N–H and O–H groups in total.